The van der Waals surface area contributed by atoms with Gasteiger partial charge in [0.2, 0.25) is 17.7 Å². The first-order valence-electron chi connectivity index (χ1n) is 12.5. The summed E-state index contributed by atoms with van der Waals surface area (Å²) in [4.78, 5) is 54.4. The van der Waals surface area contributed by atoms with Crippen molar-refractivity contribution in [2.75, 3.05) is 6.54 Å². The smallest absolute Gasteiger partial charge is 0.328 e. The normalized spacial score (nSPS) is 15.6. The molecule has 0 fully saturated rings. The monoisotopic (exact) mass is 535 g/mol. The Hall–Kier alpha value is -3.71. The largest absolute Gasteiger partial charge is 0.480 e. The van der Waals surface area contributed by atoms with Crippen LogP contribution in [0.15, 0.2) is 35.3 Å². The van der Waals surface area contributed by atoms with Crippen LogP contribution < -0.4 is 33.2 Å². The van der Waals surface area contributed by atoms with E-state index in [1.165, 1.54) is 6.92 Å². The highest BCUT2D eigenvalue weighted by Gasteiger charge is 2.34. The van der Waals surface area contributed by atoms with Gasteiger partial charge in [0.15, 0.2) is 12.0 Å². The number of aliphatic hydroxyl groups excluding tert-OH is 1. The second kappa shape index (κ2) is 16.2. The highest BCUT2D eigenvalue weighted by molar-refractivity contribution is 5.94. The van der Waals surface area contributed by atoms with Crippen molar-refractivity contribution in [2.45, 2.75) is 76.7 Å². The van der Waals surface area contributed by atoms with Crippen LogP contribution in [0.25, 0.3) is 0 Å². The van der Waals surface area contributed by atoms with Crippen molar-refractivity contribution in [3.63, 3.8) is 0 Å². The fourth-order valence-corrected chi connectivity index (χ4v) is 3.58. The van der Waals surface area contributed by atoms with E-state index in [4.69, 9.17) is 17.2 Å². The van der Waals surface area contributed by atoms with Crippen LogP contribution in [0.1, 0.15) is 45.6 Å². The minimum Gasteiger partial charge on any atom is -0.480 e. The Morgan fingerprint density at radius 2 is 1.55 bits per heavy atom. The zero-order valence-electron chi connectivity index (χ0n) is 22.1. The second-order valence-electron chi connectivity index (χ2n) is 9.24. The molecule has 0 aromatic heterocycles. The van der Waals surface area contributed by atoms with Crippen molar-refractivity contribution in [3.05, 3.63) is 35.9 Å². The summed E-state index contributed by atoms with van der Waals surface area (Å²) in [5, 5.41) is 26.7. The molecule has 3 amide bonds. The number of amides is 3. The van der Waals surface area contributed by atoms with Gasteiger partial charge in [-0.3, -0.25) is 19.4 Å². The molecule has 0 spiro atoms. The number of nitrogens with one attached hydrogen (secondary N) is 3. The fourth-order valence-electron chi connectivity index (χ4n) is 3.58. The Labute approximate surface area is 222 Å². The van der Waals surface area contributed by atoms with E-state index in [2.05, 4.69) is 20.9 Å². The minimum atomic E-state index is -1.55. The summed E-state index contributed by atoms with van der Waals surface area (Å²) in [7, 11) is 0. The number of rotatable bonds is 16. The van der Waals surface area contributed by atoms with Gasteiger partial charge < -0.3 is 43.4 Å². The number of nitrogens with zero attached hydrogens (tertiary/aromatic N) is 1. The number of carboxylic acid groups (broad SMARTS) is 1. The third kappa shape index (κ3) is 11.1. The molecule has 0 aliphatic rings. The lowest BCUT2D eigenvalue weighted by Crippen LogP contribution is -2.60. The van der Waals surface area contributed by atoms with E-state index in [1.807, 2.05) is 13.0 Å². The predicted octanol–water partition coefficient (Wildman–Crippen LogP) is -1.42. The second-order valence-corrected chi connectivity index (χ2v) is 9.24. The van der Waals surface area contributed by atoms with Crippen molar-refractivity contribution < 1.29 is 29.4 Å². The predicted molar refractivity (Wildman–Crippen MR) is 143 cm³/mol. The van der Waals surface area contributed by atoms with Crippen LogP contribution in [0.3, 0.4) is 0 Å². The summed E-state index contributed by atoms with van der Waals surface area (Å²) in [6.07, 6.45) is -0.0217. The highest BCUT2D eigenvalue weighted by Crippen LogP contribution is 2.11. The number of carbonyl (C=O) groups excluding carboxylic acids is 3. The van der Waals surface area contributed by atoms with Gasteiger partial charge in [-0.1, -0.05) is 50.6 Å². The minimum absolute atomic E-state index is 0.0642. The van der Waals surface area contributed by atoms with Gasteiger partial charge in [0.25, 0.3) is 0 Å². The van der Waals surface area contributed by atoms with Gasteiger partial charge in [-0.2, -0.15) is 0 Å². The van der Waals surface area contributed by atoms with E-state index >= 15 is 0 Å². The van der Waals surface area contributed by atoms with E-state index in [0.717, 1.165) is 5.56 Å². The van der Waals surface area contributed by atoms with E-state index in [0.29, 0.717) is 19.4 Å². The number of guanidine groups is 1. The third-order valence-electron chi connectivity index (χ3n) is 6.06. The Bertz CT molecular complexity index is 953. The summed E-state index contributed by atoms with van der Waals surface area (Å²) >= 11 is 0. The van der Waals surface area contributed by atoms with Crippen molar-refractivity contribution in [2.24, 2.45) is 28.1 Å². The number of benzene rings is 1. The van der Waals surface area contributed by atoms with Crippen LogP contribution in [0.4, 0.5) is 0 Å². The molecule has 13 heteroatoms. The third-order valence-corrected chi connectivity index (χ3v) is 6.06. The van der Waals surface area contributed by atoms with E-state index in [9.17, 15) is 29.4 Å². The molecule has 0 bridgehead atoms. The number of nitrogens with two attached hydrogens (primary N) is 3. The van der Waals surface area contributed by atoms with Crippen molar-refractivity contribution in [1.29, 1.82) is 0 Å². The van der Waals surface area contributed by atoms with E-state index in [1.54, 1.807) is 31.2 Å². The standard InChI is InChI=1S/C25H41N7O6/c1-4-14(2)19(23(36)32-20(15(3)33)24(37)38)31-22(35)18(13-16-9-6-5-7-10-16)30-21(34)17(26)11-8-12-29-25(27)28/h5-7,9-10,14-15,17-20,33H,4,8,11-13,26H2,1-3H3,(H,30,34)(H,31,35)(H,32,36)(H,37,38)(H4,27,28,29). The maximum absolute atomic E-state index is 13.4. The molecule has 6 atom stereocenters. The van der Waals surface area contributed by atoms with Crippen molar-refractivity contribution in [1.82, 2.24) is 16.0 Å². The van der Waals surface area contributed by atoms with Crippen LogP contribution in [0.5, 0.6) is 0 Å². The van der Waals surface area contributed by atoms with Gasteiger partial charge in [0.1, 0.15) is 12.1 Å². The van der Waals surface area contributed by atoms with Gasteiger partial charge in [0.05, 0.1) is 12.1 Å². The molecule has 38 heavy (non-hydrogen) atoms. The molecule has 11 N–H and O–H groups in total. The zero-order chi connectivity index (χ0) is 28.8. The molecule has 13 nitrogen and oxygen atoms in total. The molecule has 0 saturated carbocycles. The lowest BCUT2D eigenvalue weighted by molar-refractivity contribution is -0.145. The quantitative estimate of drug-likeness (QED) is 0.0703. The SMILES string of the molecule is CCC(C)C(NC(=O)C(Cc1ccccc1)NC(=O)C(N)CCCN=C(N)N)C(=O)NC(C(=O)O)C(C)O. The van der Waals surface area contributed by atoms with E-state index in [-0.39, 0.29) is 24.7 Å². The summed E-state index contributed by atoms with van der Waals surface area (Å²) in [6.45, 7) is 5.07. The first kappa shape index (κ1) is 32.3. The van der Waals surface area contributed by atoms with E-state index < -0.39 is 54.0 Å². The number of carboxylic acids is 1. The molecule has 212 valence electrons. The molecule has 0 saturated heterocycles. The molecule has 1 rings (SSSR count). The van der Waals surface area contributed by atoms with Crippen LogP contribution in [0.2, 0.25) is 0 Å². The van der Waals surface area contributed by atoms with Crippen LogP contribution in [-0.4, -0.2) is 76.7 Å². The average molecular weight is 536 g/mol. The number of hydrogen-bond acceptors (Lipinski definition) is 7. The maximum atomic E-state index is 13.4. The summed E-state index contributed by atoms with van der Waals surface area (Å²) in [5.74, 6) is -3.82. The molecule has 0 aliphatic heterocycles. The molecule has 1 aromatic rings. The first-order chi connectivity index (χ1) is 17.9. The number of aliphatic imine (C=N–C) groups is 1. The molecule has 1 aromatic carbocycles. The molecule has 6 unspecified atom stereocenters. The van der Waals surface area contributed by atoms with Gasteiger partial charge in [-0.15, -0.1) is 0 Å². The number of aliphatic hydroxyl groups is 1. The highest BCUT2D eigenvalue weighted by atomic mass is 16.4. The number of aliphatic carboxylic acids is 1. The maximum Gasteiger partial charge on any atom is 0.328 e. The fraction of sp³-hybridized carbons (Fsp3) is 0.560. The van der Waals surface area contributed by atoms with Crippen molar-refractivity contribution >= 4 is 29.7 Å². The number of carbonyl (C=O) groups is 4. The molecular formula is C25H41N7O6. The Kier molecular flexibility index (Phi) is 13.8. The van der Waals surface area contributed by atoms with Crippen LogP contribution >= 0.6 is 0 Å². The molecular weight excluding hydrogens is 494 g/mol. The molecule has 0 heterocycles. The van der Waals surface area contributed by atoms with Crippen molar-refractivity contribution in [3.8, 4) is 0 Å². The number of hydrogen-bond donors (Lipinski definition) is 8. The molecule has 0 radical (unpaired) electrons. The zero-order valence-corrected chi connectivity index (χ0v) is 22.1. The lowest BCUT2D eigenvalue weighted by Gasteiger charge is -2.28. The lowest BCUT2D eigenvalue weighted by atomic mass is 9.96. The van der Waals surface area contributed by atoms with Gasteiger partial charge in [-0.25, -0.2) is 4.79 Å². The van der Waals surface area contributed by atoms with Gasteiger partial charge in [-0.05, 0) is 31.2 Å². The summed E-state index contributed by atoms with van der Waals surface area (Å²) < 4.78 is 0. The Morgan fingerprint density at radius 1 is 0.947 bits per heavy atom. The topological polar surface area (TPSA) is 235 Å². The summed E-state index contributed by atoms with van der Waals surface area (Å²) in [5.41, 5.74) is 17.4. The van der Waals surface area contributed by atoms with Gasteiger partial charge in [0, 0.05) is 13.0 Å². The molecule has 0 aliphatic carbocycles. The first-order valence-corrected chi connectivity index (χ1v) is 12.5. The Morgan fingerprint density at radius 3 is 2.08 bits per heavy atom. The Balaban J connectivity index is 3.07. The average Bonchev–Trinajstić information content (AvgIpc) is 2.86. The summed E-state index contributed by atoms with van der Waals surface area (Å²) in [6, 6.07) is 4.32. The van der Waals surface area contributed by atoms with Crippen LogP contribution in [0, 0.1) is 5.92 Å². The van der Waals surface area contributed by atoms with Crippen LogP contribution in [-0.2, 0) is 25.6 Å². The van der Waals surface area contributed by atoms with Gasteiger partial charge >= 0.3 is 5.97 Å².